The van der Waals surface area contributed by atoms with E-state index in [1.807, 2.05) is 37.3 Å². The highest BCUT2D eigenvalue weighted by atomic mass is 32.2. The molecule has 6 nitrogen and oxygen atoms in total. The molecule has 128 valence electrons. The zero-order valence-corrected chi connectivity index (χ0v) is 14.5. The molecule has 0 fully saturated rings. The number of carbonyl (C=O) groups is 1. The minimum absolute atomic E-state index is 0.133. The quantitative estimate of drug-likeness (QED) is 0.827. The van der Waals surface area contributed by atoms with Crippen LogP contribution in [0, 0.1) is 0 Å². The Kier molecular flexibility index (Phi) is 6.05. The highest BCUT2D eigenvalue weighted by Crippen LogP contribution is 2.12. The van der Waals surface area contributed by atoms with Crippen molar-refractivity contribution in [2.45, 2.75) is 19.5 Å². The molecule has 0 saturated carbocycles. The van der Waals surface area contributed by atoms with Gasteiger partial charge in [0, 0.05) is 18.9 Å². The van der Waals surface area contributed by atoms with Gasteiger partial charge in [-0.25, -0.2) is 8.42 Å². The molecule has 2 aromatic rings. The smallest absolute Gasteiger partial charge is 0.235 e. The van der Waals surface area contributed by atoms with Gasteiger partial charge in [-0.2, -0.15) is 4.31 Å². The van der Waals surface area contributed by atoms with E-state index < -0.39 is 10.0 Å². The molecular weight excluding hydrogens is 326 g/mol. The number of hydrogen-bond acceptors (Lipinski definition) is 4. The number of nitrogens with one attached hydrogen (secondary N) is 1. The molecule has 1 unspecified atom stereocenters. The van der Waals surface area contributed by atoms with Gasteiger partial charge in [0.05, 0.1) is 18.8 Å². The van der Waals surface area contributed by atoms with E-state index in [0.717, 1.165) is 21.7 Å². The van der Waals surface area contributed by atoms with Crippen molar-refractivity contribution in [2.24, 2.45) is 0 Å². The summed E-state index contributed by atoms with van der Waals surface area (Å²) in [5.41, 5.74) is 1.74. The van der Waals surface area contributed by atoms with Crippen LogP contribution in [0.1, 0.15) is 24.1 Å². The molecule has 2 rings (SSSR count). The van der Waals surface area contributed by atoms with Crippen LogP contribution < -0.4 is 5.32 Å². The molecule has 0 aliphatic rings. The Morgan fingerprint density at radius 2 is 1.79 bits per heavy atom. The van der Waals surface area contributed by atoms with E-state index in [4.69, 9.17) is 0 Å². The van der Waals surface area contributed by atoms with Crippen molar-refractivity contribution in [1.29, 1.82) is 0 Å². The van der Waals surface area contributed by atoms with Crippen molar-refractivity contribution >= 4 is 15.9 Å². The van der Waals surface area contributed by atoms with Crippen LogP contribution in [0.5, 0.6) is 0 Å². The molecule has 0 spiro atoms. The van der Waals surface area contributed by atoms with Gasteiger partial charge in [0.15, 0.2) is 0 Å². The van der Waals surface area contributed by atoms with Crippen molar-refractivity contribution in [3.63, 3.8) is 0 Å². The summed E-state index contributed by atoms with van der Waals surface area (Å²) in [6.07, 6.45) is 4.28. The zero-order valence-electron chi connectivity index (χ0n) is 13.7. The zero-order chi connectivity index (χ0) is 17.6. The standard InChI is InChI=1S/C17H21N3O3S/c1-14(16-6-4-3-5-7-16)19-17(21)13-20(24(2,22)23)12-15-8-10-18-11-9-15/h3-11,14H,12-13H2,1-2H3,(H,19,21). The summed E-state index contributed by atoms with van der Waals surface area (Å²) in [4.78, 5) is 16.1. The lowest BCUT2D eigenvalue weighted by molar-refractivity contribution is -0.122. The predicted molar refractivity (Wildman–Crippen MR) is 92.5 cm³/mol. The van der Waals surface area contributed by atoms with Gasteiger partial charge in [-0.1, -0.05) is 30.3 Å². The Labute approximate surface area is 142 Å². The van der Waals surface area contributed by atoms with Crippen LogP contribution in [0.15, 0.2) is 54.9 Å². The predicted octanol–water partition coefficient (Wildman–Crippen LogP) is 1.72. The van der Waals surface area contributed by atoms with E-state index in [1.165, 1.54) is 0 Å². The Morgan fingerprint density at radius 1 is 1.17 bits per heavy atom. The van der Waals surface area contributed by atoms with Gasteiger partial charge in [0.25, 0.3) is 0 Å². The molecule has 0 aliphatic heterocycles. The first kappa shape index (κ1) is 18.1. The van der Waals surface area contributed by atoms with E-state index in [1.54, 1.807) is 24.5 Å². The lowest BCUT2D eigenvalue weighted by Gasteiger charge is -2.21. The van der Waals surface area contributed by atoms with Crippen LogP contribution in [-0.4, -0.2) is 36.4 Å². The number of benzene rings is 1. The molecule has 0 saturated heterocycles. The van der Waals surface area contributed by atoms with Gasteiger partial charge in [-0.3, -0.25) is 9.78 Å². The fourth-order valence-corrected chi connectivity index (χ4v) is 2.99. The molecule has 24 heavy (non-hydrogen) atoms. The lowest BCUT2D eigenvalue weighted by Crippen LogP contribution is -2.40. The summed E-state index contributed by atoms with van der Waals surface area (Å²) in [6, 6.07) is 12.8. The monoisotopic (exact) mass is 347 g/mol. The van der Waals surface area contributed by atoms with Gasteiger partial charge in [0.1, 0.15) is 0 Å². The minimum atomic E-state index is -3.51. The number of rotatable bonds is 7. The van der Waals surface area contributed by atoms with Crippen molar-refractivity contribution in [1.82, 2.24) is 14.6 Å². The average Bonchev–Trinajstić information content (AvgIpc) is 2.55. The Morgan fingerprint density at radius 3 is 2.38 bits per heavy atom. The topological polar surface area (TPSA) is 79.4 Å². The number of amides is 1. The summed E-state index contributed by atoms with van der Waals surface area (Å²) in [6.45, 7) is 1.77. The molecule has 1 heterocycles. The van der Waals surface area contributed by atoms with E-state index >= 15 is 0 Å². The molecule has 1 aromatic carbocycles. The first-order valence-corrected chi connectivity index (χ1v) is 9.39. The summed E-state index contributed by atoms with van der Waals surface area (Å²) in [7, 11) is -3.51. The second-order valence-electron chi connectivity index (χ2n) is 5.59. The highest BCUT2D eigenvalue weighted by molar-refractivity contribution is 7.88. The number of sulfonamides is 1. The average molecular weight is 347 g/mol. The fourth-order valence-electron chi connectivity index (χ4n) is 2.25. The summed E-state index contributed by atoms with van der Waals surface area (Å²) >= 11 is 0. The first-order chi connectivity index (χ1) is 11.4. The number of nitrogens with zero attached hydrogens (tertiary/aromatic N) is 2. The number of pyridine rings is 1. The van der Waals surface area contributed by atoms with Crippen LogP contribution in [0.2, 0.25) is 0 Å². The maximum atomic E-state index is 12.2. The van der Waals surface area contributed by atoms with Gasteiger partial charge in [-0.05, 0) is 30.2 Å². The molecule has 0 bridgehead atoms. The summed E-state index contributed by atoms with van der Waals surface area (Å²) in [5, 5.41) is 2.83. The van der Waals surface area contributed by atoms with Gasteiger partial charge >= 0.3 is 0 Å². The van der Waals surface area contributed by atoms with Gasteiger partial charge < -0.3 is 5.32 Å². The van der Waals surface area contributed by atoms with E-state index in [2.05, 4.69) is 10.3 Å². The normalized spacial score (nSPS) is 12.8. The largest absolute Gasteiger partial charge is 0.348 e. The first-order valence-electron chi connectivity index (χ1n) is 7.54. The van der Waals surface area contributed by atoms with E-state index in [-0.39, 0.29) is 25.0 Å². The summed E-state index contributed by atoms with van der Waals surface area (Å²) in [5.74, 6) is -0.342. The molecule has 1 N–H and O–H groups in total. The van der Waals surface area contributed by atoms with Crippen LogP contribution in [-0.2, 0) is 21.4 Å². The minimum Gasteiger partial charge on any atom is -0.348 e. The Balaban J connectivity index is 2.02. The van der Waals surface area contributed by atoms with E-state index in [9.17, 15) is 13.2 Å². The lowest BCUT2D eigenvalue weighted by atomic mass is 10.1. The van der Waals surface area contributed by atoms with Crippen molar-refractivity contribution in [3.05, 3.63) is 66.0 Å². The van der Waals surface area contributed by atoms with Crippen LogP contribution in [0.25, 0.3) is 0 Å². The van der Waals surface area contributed by atoms with Crippen LogP contribution >= 0.6 is 0 Å². The van der Waals surface area contributed by atoms with Crippen LogP contribution in [0.3, 0.4) is 0 Å². The van der Waals surface area contributed by atoms with E-state index in [0.29, 0.717) is 0 Å². The molecule has 0 radical (unpaired) electrons. The number of aromatic nitrogens is 1. The van der Waals surface area contributed by atoms with Crippen molar-refractivity contribution in [2.75, 3.05) is 12.8 Å². The summed E-state index contributed by atoms with van der Waals surface area (Å²) < 4.78 is 25.1. The van der Waals surface area contributed by atoms with Crippen molar-refractivity contribution < 1.29 is 13.2 Å². The highest BCUT2D eigenvalue weighted by Gasteiger charge is 2.21. The Hall–Kier alpha value is -2.25. The molecule has 1 amide bonds. The third-order valence-electron chi connectivity index (χ3n) is 3.57. The maximum Gasteiger partial charge on any atom is 0.235 e. The maximum absolute atomic E-state index is 12.2. The molecular formula is C17H21N3O3S. The van der Waals surface area contributed by atoms with Gasteiger partial charge in [0.2, 0.25) is 15.9 Å². The van der Waals surface area contributed by atoms with Crippen molar-refractivity contribution in [3.8, 4) is 0 Å². The second kappa shape index (κ2) is 8.03. The molecule has 7 heteroatoms. The number of carbonyl (C=O) groups excluding carboxylic acids is 1. The van der Waals surface area contributed by atoms with Crippen LogP contribution in [0.4, 0.5) is 0 Å². The third-order valence-corrected chi connectivity index (χ3v) is 4.77. The SMILES string of the molecule is CC(NC(=O)CN(Cc1ccncc1)S(C)(=O)=O)c1ccccc1. The number of hydrogen-bond donors (Lipinski definition) is 1. The Bertz CT molecular complexity index is 764. The third kappa shape index (κ3) is 5.43. The fraction of sp³-hybridized carbons (Fsp3) is 0.294. The second-order valence-corrected chi connectivity index (χ2v) is 7.57. The molecule has 0 aliphatic carbocycles. The molecule has 1 atom stereocenters. The molecule has 1 aromatic heterocycles. The van der Waals surface area contributed by atoms with Gasteiger partial charge in [-0.15, -0.1) is 0 Å².